The lowest BCUT2D eigenvalue weighted by Crippen LogP contribution is -2.47. The summed E-state index contributed by atoms with van der Waals surface area (Å²) in [6, 6.07) is 15.4. The fraction of sp³-hybridized carbons (Fsp3) is 0.360. The zero-order chi connectivity index (χ0) is 22.4. The largest absolute Gasteiger partial charge is 0.358 e. The molecule has 6 rings (SSSR count). The Balaban J connectivity index is 1.10. The van der Waals surface area contributed by atoms with Crippen LogP contribution in [-0.4, -0.2) is 53.4 Å². The highest BCUT2D eigenvalue weighted by molar-refractivity contribution is 5.66. The van der Waals surface area contributed by atoms with E-state index in [-0.39, 0.29) is 18.1 Å². The van der Waals surface area contributed by atoms with Crippen molar-refractivity contribution in [3.63, 3.8) is 0 Å². The standard InChI is InChI=1S/C25H27FN6O/c1-16(17-2-4-19(26)5-3-17)31-8-10-32(11-9-31)24-14-23(27-15-28-24)29-20-6-7-21-18(12-20)13-22-25(30-21)33-22/h2-7,12,14-16,22,25,30H,8-11,13H2,1H3,(H,27,28,29). The van der Waals surface area contributed by atoms with Crippen molar-refractivity contribution in [1.82, 2.24) is 14.9 Å². The van der Waals surface area contributed by atoms with Gasteiger partial charge in [0.25, 0.3) is 0 Å². The van der Waals surface area contributed by atoms with Crippen molar-refractivity contribution in [2.24, 2.45) is 0 Å². The third-order valence-corrected chi connectivity index (χ3v) is 6.87. The van der Waals surface area contributed by atoms with Crippen LogP contribution in [0.25, 0.3) is 0 Å². The van der Waals surface area contributed by atoms with Crippen molar-refractivity contribution in [2.45, 2.75) is 31.7 Å². The molecule has 8 heteroatoms. The van der Waals surface area contributed by atoms with Gasteiger partial charge in [0.05, 0.1) is 0 Å². The van der Waals surface area contributed by atoms with Gasteiger partial charge in [0, 0.05) is 56.1 Å². The summed E-state index contributed by atoms with van der Waals surface area (Å²) in [6.07, 6.45) is 3.06. The van der Waals surface area contributed by atoms with Gasteiger partial charge in [0.2, 0.25) is 0 Å². The van der Waals surface area contributed by atoms with E-state index in [0.29, 0.717) is 6.10 Å². The molecule has 0 aliphatic carbocycles. The van der Waals surface area contributed by atoms with Gasteiger partial charge in [-0.3, -0.25) is 4.90 Å². The predicted octanol–water partition coefficient (Wildman–Crippen LogP) is 3.94. The summed E-state index contributed by atoms with van der Waals surface area (Å²) >= 11 is 0. The molecule has 3 aliphatic heterocycles. The summed E-state index contributed by atoms with van der Waals surface area (Å²) in [5.41, 5.74) is 4.56. The molecule has 0 amide bonds. The summed E-state index contributed by atoms with van der Waals surface area (Å²) in [5.74, 6) is 1.52. The fourth-order valence-corrected chi connectivity index (χ4v) is 4.80. The minimum atomic E-state index is -0.193. The second kappa shape index (κ2) is 8.28. The topological polar surface area (TPSA) is 68.8 Å². The first kappa shape index (κ1) is 20.4. The molecule has 2 fully saturated rings. The molecular weight excluding hydrogens is 419 g/mol. The lowest BCUT2D eigenvalue weighted by molar-refractivity contribution is 0.198. The van der Waals surface area contributed by atoms with Crippen LogP contribution in [0.2, 0.25) is 0 Å². The Labute approximate surface area is 192 Å². The molecule has 3 aromatic rings. The maximum Gasteiger partial charge on any atom is 0.155 e. The van der Waals surface area contributed by atoms with Crippen LogP contribution in [-0.2, 0) is 11.2 Å². The molecule has 2 saturated heterocycles. The third-order valence-electron chi connectivity index (χ3n) is 6.87. The van der Waals surface area contributed by atoms with Crippen molar-refractivity contribution in [3.8, 4) is 0 Å². The number of epoxide rings is 1. The van der Waals surface area contributed by atoms with Crippen LogP contribution in [0, 0.1) is 5.82 Å². The molecule has 7 nitrogen and oxygen atoms in total. The number of rotatable bonds is 5. The summed E-state index contributed by atoms with van der Waals surface area (Å²) in [6.45, 7) is 5.80. The average molecular weight is 447 g/mol. The summed E-state index contributed by atoms with van der Waals surface area (Å²) in [5, 5.41) is 6.83. The van der Waals surface area contributed by atoms with Crippen LogP contribution >= 0.6 is 0 Å². The van der Waals surface area contributed by atoms with E-state index in [1.165, 1.54) is 17.7 Å². The minimum absolute atomic E-state index is 0.193. The lowest BCUT2D eigenvalue weighted by atomic mass is 10.0. The number of nitrogens with zero attached hydrogens (tertiary/aromatic N) is 4. The van der Waals surface area contributed by atoms with E-state index in [1.807, 2.05) is 18.2 Å². The molecule has 2 aromatic carbocycles. The van der Waals surface area contributed by atoms with E-state index in [0.717, 1.165) is 61.2 Å². The number of halogens is 1. The summed E-state index contributed by atoms with van der Waals surface area (Å²) < 4.78 is 18.8. The van der Waals surface area contributed by atoms with Crippen LogP contribution in [0.15, 0.2) is 54.9 Å². The van der Waals surface area contributed by atoms with E-state index in [2.05, 4.69) is 55.5 Å². The molecule has 3 aliphatic rings. The average Bonchev–Trinajstić information content (AvgIpc) is 3.61. The van der Waals surface area contributed by atoms with E-state index in [9.17, 15) is 4.39 Å². The highest BCUT2D eigenvalue weighted by Crippen LogP contribution is 2.37. The van der Waals surface area contributed by atoms with E-state index < -0.39 is 0 Å². The smallest absolute Gasteiger partial charge is 0.155 e. The van der Waals surface area contributed by atoms with Crippen molar-refractivity contribution >= 4 is 23.0 Å². The maximum atomic E-state index is 13.2. The molecule has 0 bridgehead atoms. The minimum Gasteiger partial charge on any atom is -0.358 e. The van der Waals surface area contributed by atoms with Crippen molar-refractivity contribution < 1.29 is 9.13 Å². The fourth-order valence-electron chi connectivity index (χ4n) is 4.80. The van der Waals surface area contributed by atoms with Gasteiger partial charge in [-0.15, -0.1) is 0 Å². The Morgan fingerprint density at radius 2 is 1.88 bits per heavy atom. The van der Waals surface area contributed by atoms with Crippen molar-refractivity contribution in [2.75, 3.05) is 41.7 Å². The number of hydrogen-bond acceptors (Lipinski definition) is 7. The van der Waals surface area contributed by atoms with Gasteiger partial charge in [-0.05, 0) is 48.4 Å². The molecule has 4 heterocycles. The molecule has 33 heavy (non-hydrogen) atoms. The Hall–Kier alpha value is -3.23. The van der Waals surface area contributed by atoms with Gasteiger partial charge < -0.3 is 20.3 Å². The molecule has 0 spiro atoms. The van der Waals surface area contributed by atoms with Crippen molar-refractivity contribution in [3.05, 3.63) is 71.8 Å². The molecular formula is C25H27FN6O. The van der Waals surface area contributed by atoms with E-state index in [4.69, 9.17) is 4.74 Å². The van der Waals surface area contributed by atoms with E-state index in [1.54, 1.807) is 6.33 Å². The number of ether oxygens (including phenoxy) is 1. The van der Waals surface area contributed by atoms with Crippen LogP contribution in [0.5, 0.6) is 0 Å². The lowest BCUT2D eigenvalue weighted by Gasteiger charge is -2.38. The molecule has 0 radical (unpaired) electrons. The number of anilines is 4. The van der Waals surface area contributed by atoms with Crippen LogP contribution < -0.4 is 15.5 Å². The van der Waals surface area contributed by atoms with Crippen LogP contribution in [0.3, 0.4) is 0 Å². The zero-order valence-electron chi connectivity index (χ0n) is 18.5. The van der Waals surface area contributed by atoms with Crippen LogP contribution in [0.4, 0.5) is 27.4 Å². The first-order chi connectivity index (χ1) is 16.1. The first-order valence-electron chi connectivity index (χ1n) is 11.5. The summed E-state index contributed by atoms with van der Waals surface area (Å²) in [7, 11) is 0. The number of benzene rings is 2. The highest BCUT2D eigenvalue weighted by atomic mass is 19.1. The van der Waals surface area contributed by atoms with Gasteiger partial charge in [-0.1, -0.05) is 12.1 Å². The molecule has 1 aromatic heterocycles. The molecule has 0 saturated carbocycles. The van der Waals surface area contributed by atoms with Crippen molar-refractivity contribution in [1.29, 1.82) is 0 Å². The van der Waals surface area contributed by atoms with Gasteiger partial charge >= 0.3 is 0 Å². The second-order valence-corrected chi connectivity index (χ2v) is 8.95. The predicted molar refractivity (Wildman–Crippen MR) is 126 cm³/mol. The number of fused-ring (bicyclic) bond motifs is 2. The zero-order valence-corrected chi connectivity index (χ0v) is 18.5. The Kier molecular flexibility index (Phi) is 5.11. The number of nitrogens with one attached hydrogen (secondary N) is 2. The van der Waals surface area contributed by atoms with Gasteiger partial charge in [-0.25, -0.2) is 14.4 Å². The monoisotopic (exact) mass is 446 g/mol. The molecule has 3 atom stereocenters. The van der Waals surface area contributed by atoms with Gasteiger partial charge in [-0.2, -0.15) is 0 Å². The maximum absolute atomic E-state index is 13.2. The highest BCUT2D eigenvalue weighted by Gasteiger charge is 2.42. The number of aromatic nitrogens is 2. The molecule has 2 N–H and O–H groups in total. The Morgan fingerprint density at radius 3 is 2.70 bits per heavy atom. The third kappa shape index (κ3) is 4.24. The summed E-state index contributed by atoms with van der Waals surface area (Å²) in [4.78, 5) is 13.7. The number of hydrogen-bond donors (Lipinski definition) is 2. The second-order valence-electron chi connectivity index (χ2n) is 8.95. The molecule has 3 unspecified atom stereocenters. The van der Waals surface area contributed by atoms with Gasteiger partial charge in [0.15, 0.2) is 6.23 Å². The number of piperazine rings is 1. The van der Waals surface area contributed by atoms with Gasteiger partial charge in [0.1, 0.15) is 29.9 Å². The Bertz CT molecular complexity index is 1150. The van der Waals surface area contributed by atoms with Crippen LogP contribution in [0.1, 0.15) is 24.1 Å². The van der Waals surface area contributed by atoms with E-state index >= 15 is 0 Å². The normalized spacial score (nSPS) is 22.7. The Morgan fingerprint density at radius 1 is 1.06 bits per heavy atom. The quantitative estimate of drug-likeness (QED) is 0.576. The molecule has 170 valence electrons. The SMILES string of the molecule is CC(c1ccc(F)cc1)N1CCN(c2cc(Nc3ccc4c(c3)CC3OC3N4)ncn2)CC1. The first-order valence-corrected chi connectivity index (χ1v) is 11.5.